The summed E-state index contributed by atoms with van der Waals surface area (Å²) in [6.07, 6.45) is 6.17. The Morgan fingerprint density at radius 1 is 1.38 bits per heavy atom. The number of carbonyl (C=O) groups excluding carboxylic acids is 2. The number of hydrogen-bond acceptors (Lipinski definition) is 6. The van der Waals surface area contributed by atoms with E-state index in [1.165, 1.54) is 6.08 Å². The average molecular weight is 362 g/mol. The van der Waals surface area contributed by atoms with Crippen LogP contribution in [0.4, 0.5) is 0 Å². The molecule has 3 unspecified atom stereocenters. The van der Waals surface area contributed by atoms with Crippen molar-refractivity contribution < 1.29 is 29.3 Å². The van der Waals surface area contributed by atoms with Crippen LogP contribution in [-0.2, 0) is 19.1 Å². The van der Waals surface area contributed by atoms with Gasteiger partial charge in [0.1, 0.15) is 12.2 Å². The Kier molecular flexibility index (Phi) is 6.94. The number of allylic oxidation sites excluding steroid dienone is 2. The number of aliphatic hydroxyl groups is 2. The SMILES string of the molecule is C=C1C(=O)OC2/C=C(/C)CC/C=C(/C)CC(OC(=O)/C(=C/CO)CO)C12. The van der Waals surface area contributed by atoms with E-state index in [0.717, 1.165) is 24.0 Å². The summed E-state index contributed by atoms with van der Waals surface area (Å²) < 4.78 is 11.1. The lowest BCUT2D eigenvalue weighted by atomic mass is 9.85. The molecule has 0 amide bonds. The number of hydrogen-bond donors (Lipinski definition) is 2. The second-order valence-electron chi connectivity index (χ2n) is 6.74. The highest BCUT2D eigenvalue weighted by Crippen LogP contribution is 2.36. The quantitative estimate of drug-likeness (QED) is 0.451. The zero-order valence-corrected chi connectivity index (χ0v) is 15.2. The maximum Gasteiger partial charge on any atom is 0.336 e. The Morgan fingerprint density at radius 3 is 2.77 bits per heavy atom. The molecule has 1 saturated heterocycles. The summed E-state index contributed by atoms with van der Waals surface area (Å²) in [6, 6.07) is 0. The van der Waals surface area contributed by atoms with Gasteiger partial charge in [-0.3, -0.25) is 0 Å². The van der Waals surface area contributed by atoms with Gasteiger partial charge in [0.2, 0.25) is 0 Å². The molecule has 1 aliphatic heterocycles. The van der Waals surface area contributed by atoms with Gasteiger partial charge in [0, 0.05) is 12.0 Å². The molecule has 2 rings (SSSR count). The molecule has 6 heteroatoms. The summed E-state index contributed by atoms with van der Waals surface area (Å²) in [5.74, 6) is -1.70. The van der Waals surface area contributed by atoms with Crippen molar-refractivity contribution in [1.29, 1.82) is 0 Å². The molecule has 0 spiro atoms. The fraction of sp³-hybridized carbons (Fsp3) is 0.500. The maximum absolute atomic E-state index is 12.4. The highest BCUT2D eigenvalue weighted by Gasteiger charge is 2.44. The molecular weight excluding hydrogens is 336 g/mol. The number of carbonyl (C=O) groups is 2. The Labute approximate surface area is 153 Å². The van der Waals surface area contributed by atoms with Crippen LogP contribution >= 0.6 is 0 Å². The van der Waals surface area contributed by atoms with Crippen molar-refractivity contribution in [3.63, 3.8) is 0 Å². The number of aliphatic hydroxyl groups excluding tert-OH is 2. The third-order valence-corrected chi connectivity index (χ3v) is 4.69. The van der Waals surface area contributed by atoms with E-state index in [9.17, 15) is 14.7 Å². The number of fused-ring (bicyclic) bond motifs is 1. The van der Waals surface area contributed by atoms with Crippen molar-refractivity contribution in [3.8, 4) is 0 Å². The minimum atomic E-state index is -0.719. The number of ether oxygens (including phenoxy) is 2. The summed E-state index contributed by atoms with van der Waals surface area (Å²) in [4.78, 5) is 24.4. The van der Waals surface area contributed by atoms with Gasteiger partial charge in [-0.25, -0.2) is 9.59 Å². The second-order valence-corrected chi connectivity index (χ2v) is 6.74. The largest absolute Gasteiger partial charge is 0.458 e. The first-order valence-electron chi connectivity index (χ1n) is 8.71. The van der Waals surface area contributed by atoms with E-state index in [1.54, 1.807) is 0 Å². The summed E-state index contributed by atoms with van der Waals surface area (Å²) >= 11 is 0. The molecule has 1 aliphatic carbocycles. The molecule has 3 atom stereocenters. The van der Waals surface area contributed by atoms with Crippen LogP contribution in [0.1, 0.15) is 33.1 Å². The van der Waals surface area contributed by atoms with Gasteiger partial charge in [0.05, 0.1) is 24.7 Å². The average Bonchev–Trinajstić information content (AvgIpc) is 2.85. The molecule has 142 valence electrons. The minimum absolute atomic E-state index is 0.0228. The lowest BCUT2D eigenvalue weighted by Gasteiger charge is -2.27. The molecule has 0 aromatic rings. The fourth-order valence-corrected chi connectivity index (χ4v) is 3.27. The van der Waals surface area contributed by atoms with Gasteiger partial charge in [0.15, 0.2) is 0 Å². The van der Waals surface area contributed by atoms with Crippen molar-refractivity contribution in [3.05, 3.63) is 47.1 Å². The van der Waals surface area contributed by atoms with Crippen molar-refractivity contribution in [2.45, 2.75) is 45.3 Å². The van der Waals surface area contributed by atoms with E-state index in [0.29, 0.717) is 6.42 Å². The van der Waals surface area contributed by atoms with Gasteiger partial charge < -0.3 is 19.7 Å². The summed E-state index contributed by atoms with van der Waals surface area (Å²) in [5, 5.41) is 18.3. The van der Waals surface area contributed by atoms with E-state index in [4.69, 9.17) is 14.6 Å². The van der Waals surface area contributed by atoms with Crippen LogP contribution in [0.2, 0.25) is 0 Å². The van der Waals surface area contributed by atoms with Crippen LogP contribution in [-0.4, -0.2) is 47.6 Å². The first kappa shape index (κ1) is 20.1. The normalized spacial score (nSPS) is 31.2. The first-order chi connectivity index (χ1) is 12.4. The van der Waals surface area contributed by atoms with Crippen LogP contribution in [0.15, 0.2) is 47.1 Å². The summed E-state index contributed by atoms with van der Waals surface area (Å²) in [6.45, 7) is 6.85. The lowest BCUT2D eigenvalue weighted by molar-refractivity contribution is -0.147. The molecule has 2 aliphatic rings. The smallest absolute Gasteiger partial charge is 0.336 e. The topological polar surface area (TPSA) is 93.1 Å². The van der Waals surface area contributed by atoms with E-state index in [-0.39, 0.29) is 17.8 Å². The van der Waals surface area contributed by atoms with Gasteiger partial charge in [-0.05, 0) is 38.8 Å². The number of rotatable bonds is 4. The third-order valence-electron chi connectivity index (χ3n) is 4.69. The Morgan fingerprint density at radius 2 is 2.12 bits per heavy atom. The Bertz CT molecular complexity index is 670. The van der Waals surface area contributed by atoms with Gasteiger partial charge in [-0.1, -0.05) is 23.8 Å². The van der Waals surface area contributed by atoms with Gasteiger partial charge in [0.25, 0.3) is 0 Å². The fourth-order valence-electron chi connectivity index (χ4n) is 3.27. The molecular formula is C20H26O6. The van der Waals surface area contributed by atoms with E-state index >= 15 is 0 Å². The monoisotopic (exact) mass is 362 g/mol. The zero-order chi connectivity index (χ0) is 19.3. The van der Waals surface area contributed by atoms with Gasteiger partial charge in [-0.15, -0.1) is 0 Å². The molecule has 0 saturated carbocycles. The molecule has 26 heavy (non-hydrogen) atoms. The van der Waals surface area contributed by atoms with Gasteiger partial charge in [-0.2, -0.15) is 0 Å². The third kappa shape index (κ3) is 4.71. The molecule has 1 heterocycles. The second kappa shape index (κ2) is 8.96. The summed E-state index contributed by atoms with van der Waals surface area (Å²) in [7, 11) is 0. The van der Waals surface area contributed by atoms with Crippen molar-refractivity contribution >= 4 is 11.9 Å². The van der Waals surface area contributed by atoms with Crippen LogP contribution < -0.4 is 0 Å². The lowest BCUT2D eigenvalue weighted by Crippen LogP contribution is -2.34. The van der Waals surface area contributed by atoms with Crippen molar-refractivity contribution in [2.75, 3.05) is 13.2 Å². The van der Waals surface area contributed by atoms with Crippen LogP contribution in [0.3, 0.4) is 0 Å². The van der Waals surface area contributed by atoms with Crippen LogP contribution in [0, 0.1) is 5.92 Å². The highest BCUT2D eigenvalue weighted by molar-refractivity contribution is 5.92. The van der Waals surface area contributed by atoms with Gasteiger partial charge >= 0.3 is 11.9 Å². The van der Waals surface area contributed by atoms with Crippen molar-refractivity contribution in [1.82, 2.24) is 0 Å². The maximum atomic E-state index is 12.4. The molecule has 1 fully saturated rings. The first-order valence-corrected chi connectivity index (χ1v) is 8.71. The van der Waals surface area contributed by atoms with Crippen molar-refractivity contribution in [2.24, 2.45) is 5.92 Å². The zero-order valence-electron chi connectivity index (χ0n) is 15.2. The molecule has 0 radical (unpaired) electrons. The van der Waals surface area contributed by atoms with Crippen LogP contribution in [0.5, 0.6) is 0 Å². The molecule has 0 aromatic carbocycles. The predicted octanol–water partition coefficient (Wildman–Crippen LogP) is 1.98. The summed E-state index contributed by atoms with van der Waals surface area (Å²) in [5.41, 5.74) is 2.39. The minimum Gasteiger partial charge on any atom is -0.458 e. The molecule has 2 N–H and O–H groups in total. The van der Waals surface area contributed by atoms with E-state index in [2.05, 4.69) is 12.7 Å². The highest BCUT2D eigenvalue weighted by atomic mass is 16.6. The standard InChI is InChI=1S/C20H26O6/c1-12-5-4-6-13(2)10-17(26-20(24)15(11-22)7-8-21)18-14(3)19(23)25-16(18)9-12/h6-7,9,16-18,21-22H,3-5,8,10-11H2,1-2H3/b12-9-,13-6-,15-7+. The molecule has 0 bridgehead atoms. The Balaban J connectivity index is 2.36. The van der Waals surface area contributed by atoms with E-state index < -0.39 is 36.7 Å². The predicted molar refractivity (Wildman–Crippen MR) is 96.0 cm³/mol. The van der Waals surface area contributed by atoms with Crippen LogP contribution in [0.25, 0.3) is 0 Å². The molecule has 6 nitrogen and oxygen atoms in total. The number of esters is 2. The van der Waals surface area contributed by atoms with E-state index in [1.807, 2.05) is 19.9 Å². The Hall–Kier alpha value is -2.18. The molecule has 0 aromatic heterocycles.